The van der Waals surface area contributed by atoms with E-state index in [9.17, 15) is 17.6 Å². The van der Waals surface area contributed by atoms with E-state index in [0.717, 1.165) is 12.1 Å². The zero-order valence-corrected chi connectivity index (χ0v) is 10.2. The average Bonchev–Trinajstić information content (AvgIpc) is 2.38. The molecule has 0 spiro atoms. The molecular weight excluding hydrogens is 270 g/mol. The number of alkyl halides is 3. The van der Waals surface area contributed by atoms with Crippen molar-refractivity contribution in [1.29, 1.82) is 5.26 Å². The molecule has 0 atom stereocenters. The highest BCUT2D eigenvalue weighted by molar-refractivity contribution is 5.65. The van der Waals surface area contributed by atoms with Gasteiger partial charge in [-0.05, 0) is 41.0 Å². The molecule has 102 valence electrons. The normalized spacial score (nSPS) is 11.2. The van der Waals surface area contributed by atoms with E-state index < -0.39 is 17.6 Å². The molecule has 0 bridgehead atoms. The van der Waals surface area contributed by atoms with Crippen molar-refractivity contribution in [2.45, 2.75) is 12.6 Å². The summed E-state index contributed by atoms with van der Waals surface area (Å²) >= 11 is 0. The van der Waals surface area contributed by atoms with Gasteiger partial charge in [0.25, 0.3) is 0 Å². The molecule has 0 heterocycles. The molecule has 0 saturated carbocycles. The molecule has 0 aliphatic heterocycles. The van der Waals surface area contributed by atoms with Crippen molar-refractivity contribution < 1.29 is 17.6 Å². The van der Waals surface area contributed by atoms with Gasteiger partial charge in [-0.25, -0.2) is 4.39 Å². The minimum atomic E-state index is -4.49. The number of nitriles is 1. The molecule has 0 unspecified atom stereocenters. The summed E-state index contributed by atoms with van der Waals surface area (Å²) < 4.78 is 51.3. The predicted molar refractivity (Wildman–Crippen MR) is 66.2 cm³/mol. The van der Waals surface area contributed by atoms with Crippen LogP contribution in [0.4, 0.5) is 17.6 Å². The fourth-order valence-corrected chi connectivity index (χ4v) is 1.86. The van der Waals surface area contributed by atoms with Crippen LogP contribution >= 0.6 is 0 Å². The molecule has 0 aromatic heterocycles. The Balaban J connectivity index is 2.55. The van der Waals surface area contributed by atoms with Crippen LogP contribution < -0.4 is 0 Å². The third kappa shape index (κ3) is 3.15. The third-order valence-electron chi connectivity index (χ3n) is 2.78. The van der Waals surface area contributed by atoms with E-state index in [-0.39, 0.29) is 12.0 Å². The van der Waals surface area contributed by atoms with Crippen molar-refractivity contribution in [1.82, 2.24) is 0 Å². The molecule has 1 nitrogen and oxygen atoms in total. The Morgan fingerprint density at radius 2 is 1.60 bits per heavy atom. The number of benzene rings is 2. The molecule has 20 heavy (non-hydrogen) atoms. The Morgan fingerprint density at radius 1 is 0.950 bits per heavy atom. The smallest absolute Gasteiger partial charge is 0.207 e. The SMILES string of the molecule is N#CCc1cc(-c2ccc(F)cc2)cc(C(F)(F)F)c1. The van der Waals surface area contributed by atoms with Crippen molar-refractivity contribution in [3.8, 4) is 17.2 Å². The first-order valence-electron chi connectivity index (χ1n) is 5.74. The molecule has 2 aromatic carbocycles. The molecule has 2 aromatic rings. The second-order valence-corrected chi connectivity index (χ2v) is 4.26. The minimum absolute atomic E-state index is 0.113. The average molecular weight is 279 g/mol. The number of nitrogens with zero attached hydrogens (tertiary/aromatic N) is 1. The van der Waals surface area contributed by atoms with E-state index in [1.54, 1.807) is 0 Å². The van der Waals surface area contributed by atoms with Gasteiger partial charge in [0.05, 0.1) is 18.1 Å². The molecule has 0 radical (unpaired) electrons. The van der Waals surface area contributed by atoms with Crippen LogP contribution in [0.15, 0.2) is 42.5 Å². The number of hydrogen-bond acceptors (Lipinski definition) is 1. The van der Waals surface area contributed by atoms with Gasteiger partial charge in [0.1, 0.15) is 5.82 Å². The molecule has 0 saturated heterocycles. The topological polar surface area (TPSA) is 23.8 Å². The molecule has 2 rings (SSSR count). The zero-order valence-electron chi connectivity index (χ0n) is 10.2. The second-order valence-electron chi connectivity index (χ2n) is 4.26. The van der Waals surface area contributed by atoms with Crippen LogP contribution in [-0.4, -0.2) is 0 Å². The Labute approximate surface area is 113 Å². The van der Waals surface area contributed by atoms with Crippen molar-refractivity contribution in [3.63, 3.8) is 0 Å². The lowest BCUT2D eigenvalue weighted by Crippen LogP contribution is -2.06. The Bertz CT molecular complexity index is 651. The highest BCUT2D eigenvalue weighted by Crippen LogP contribution is 2.33. The van der Waals surface area contributed by atoms with E-state index in [0.29, 0.717) is 11.1 Å². The summed E-state index contributed by atoms with van der Waals surface area (Å²) in [7, 11) is 0. The van der Waals surface area contributed by atoms with Crippen molar-refractivity contribution in [3.05, 3.63) is 59.4 Å². The Morgan fingerprint density at radius 3 is 2.15 bits per heavy atom. The van der Waals surface area contributed by atoms with Crippen molar-refractivity contribution >= 4 is 0 Å². The predicted octanol–water partition coefficient (Wildman–Crippen LogP) is 4.58. The summed E-state index contributed by atoms with van der Waals surface area (Å²) in [5, 5.41) is 8.63. The molecule has 0 amide bonds. The lowest BCUT2D eigenvalue weighted by Gasteiger charge is -2.11. The van der Waals surface area contributed by atoms with Crippen LogP contribution in [0.2, 0.25) is 0 Å². The van der Waals surface area contributed by atoms with Gasteiger partial charge < -0.3 is 0 Å². The van der Waals surface area contributed by atoms with Gasteiger partial charge in [-0.3, -0.25) is 0 Å². The van der Waals surface area contributed by atoms with Gasteiger partial charge in [-0.2, -0.15) is 18.4 Å². The Hall–Kier alpha value is -2.35. The van der Waals surface area contributed by atoms with Gasteiger partial charge in [0.2, 0.25) is 0 Å². The summed E-state index contributed by atoms with van der Waals surface area (Å²) in [4.78, 5) is 0. The monoisotopic (exact) mass is 279 g/mol. The highest BCUT2D eigenvalue weighted by atomic mass is 19.4. The number of halogens is 4. The first-order chi connectivity index (χ1) is 9.40. The van der Waals surface area contributed by atoms with Crippen LogP contribution in [0.5, 0.6) is 0 Å². The van der Waals surface area contributed by atoms with Crippen molar-refractivity contribution in [2.24, 2.45) is 0 Å². The molecular formula is C15H9F4N. The maximum absolute atomic E-state index is 12.8. The summed E-state index contributed by atoms with van der Waals surface area (Å²) in [6.07, 6.45) is -4.60. The van der Waals surface area contributed by atoms with Crippen LogP contribution in [0.3, 0.4) is 0 Å². The lowest BCUT2D eigenvalue weighted by molar-refractivity contribution is -0.137. The molecule has 0 aliphatic carbocycles. The van der Waals surface area contributed by atoms with E-state index in [2.05, 4.69) is 0 Å². The van der Waals surface area contributed by atoms with Crippen LogP contribution in [0.1, 0.15) is 11.1 Å². The molecule has 0 aliphatic rings. The van der Waals surface area contributed by atoms with Crippen LogP contribution in [0, 0.1) is 17.1 Å². The minimum Gasteiger partial charge on any atom is -0.207 e. The summed E-state index contributed by atoms with van der Waals surface area (Å²) in [5.74, 6) is -0.460. The maximum atomic E-state index is 12.8. The Kier molecular flexibility index (Phi) is 3.75. The quantitative estimate of drug-likeness (QED) is 0.738. The summed E-state index contributed by atoms with van der Waals surface area (Å²) in [5.41, 5.74) is 0.244. The van der Waals surface area contributed by atoms with Crippen molar-refractivity contribution in [2.75, 3.05) is 0 Å². The van der Waals surface area contributed by atoms with Gasteiger partial charge in [-0.1, -0.05) is 18.2 Å². The van der Waals surface area contributed by atoms with Gasteiger partial charge in [0, 0.05) is 0 Å². The summed E-state index contributed by atoms with van der Waals surface area (Å²) in [6, 6.07) is 10.4. The number of rotatable bonds is 2. The van der Waals surface area contributed by atoms with Gasteiger partial charge >= 0.3 is 6.18 Å². The molecule has 0 N–H and O–H groups in total. The van der Waals surface area contributed by atoms with E-state index in [1.807, 2.05) is 6.07 Å². The zero-order chi connectivity index (χ0) is 14.8. The van der Waals surface area contributed by atoms with E-state index in [4.69, 9.17) is 5.26 Å². The highest BCUT2D eigenvalue weighted by Gasteiger charge is 2.31. The standard InChI is InChI=1S/C15H9F4N/c16-14-3-1-11(2-4-14)12-7-10(5-6-20)8-13(9-12)15(17,18)19/h1-4,7-9H,5H2. The van der Waals surface area contributed by atoms with Gasteiger partial charge in [0.15, 0.2) is 0 Å². The first kappa shape index (κ1) is 14.1. The lowest BCUT2D eigenvalue weighted by atomic mass is 9.98. The maximum Gasteiger partial charge on any atom is 0.416 e. The number of hydrogen-bond donors (Lipinski definition) is 0. The fraction of sp³-hybridized carbons (Fsp3) is 0.133. The van der Waals surface area contributed by atoms with Crippen LogP contribution in [-0.2, 0) is 12.6 Å². The first-order valence-corrected chi connectivity index (χ1v) is 5.74. The van der Waals surface area contributed by atoms with Gasteiger partial charge in [-0.15, -0.1) is 0 Å². The largest absolute Gasteiger partial charge is 0.416 e. The van der Waals surface area contributed by atoms with E-state index >= 15 is 0 Å². The summed E-state index contributed by atoms with van der Waals surface area (Å²) in [6.45, 7) is 0. The second kappa shape index (κ2) is 5.33. The third-order valence-corrected chi connectivity index (χ3v) is 2.78. The van der Waals surface area contributed by atoms with E-state index in [1.165, 1.54) is 30.3 Å². The fourth-order valence-electron chi connectivity index (χ4n) is 1.86. The molecule has 0 fully saturated rings. The molecule has 5 heteroatoms. The van der Waals surface area contributed by atoms with Crippen LogP contribution in [0.25, 0.3) is 11.1 Å².